The number of nitrogens with two attached hydrogens (primary N) is 1. The van der Waals surface area contributed by atoms with Gasteiger partial charge in [0.25, 0.3) is 5.91 Å². The molecule has 3 heterocycles. The molecule has 9 nitrogen and oxygen atoms in total. The molecule has 1 aliphatic heterocycles. The van der Waals surface area contributed by atoms with Crippen LogP contribution < -0.4 is 15.8 Å². The van der Waals surface area contributed by atoms with Crippen LogP contribution in [0.3, 0.4) is 0 Å². The predicted molar refractivity (Wildman–Crippen MR) is 146 cm³/mol. The van der Waals surface area contributed by atoms with Crippen molar-refractivity contribution in [3.05, 3.63) is 89.5 Å². The number of rotatable bonds is 6. The number of ether oxygens (including phenoxy) is 1. The molecule has 0 amide bonds. The minimum absolute atomic E-state index is 0.0979. The summed E-state index contributed by atoms with van der Waals surface area (Å²) in [6, 6.07) is 17.4. The van der Waals surface area contributed by atoms with E-state index in [1.807, 2.05) is 54.6 Å². The highest BCUT2D eigenvalue weighted by Crippen LogP contribution is 2.40. The van der Waals surface area contributed by atoms with Crippen molar-refractivity contribution in [2.24, 2.45) is 0 Å². The van der Waals surface area contributed by atoms with E-state index in [0.717, 1.165) is 47.3 Å². The average Bonchev–Trinajstić information content (AvgIpc) is 3.34. The van der Waals surface area contributed by atoms with Crippen LogP contribution in [0, 0.1) is 0 Å². The van der Waals surface area contributed by atoms with Crippen molar-refractivity contribution in [2.45, 2.75) is 32.1 Å². The van der Waals surface area contributed by atoms with Gasteiger partial charge in [-0.1, -0.05) is 48.5 Å². The second-order valence-electron chi connectivity index (χ2n) is 9.28. The van der Waals surface area contributed by atoms with E-state index in [1.54, 1.807) is 11.8 Å². The topological polar surface area (TPSA) is 121 Å². The van der Waals surface area contributed by atoms with Crippen LogP contribution in [0.2, 0.25) is 0 Å². The van der Waals surface area contributed by atoms with Crippen LogP contribution in [0.5, 0.6) is 5.75 Å². The van der Waals surface area contributed by atoms with Crippen LogP contribution in [0.15, 0.2) is 72.7 Å². The minimum atomic E-state index is -0.221. The van der Waals surface area contributed by atoms with Crippen LogP contribution >= 0.6 is 0 Å². The van der Waals surface area contributed by atoms with E-state index in [9.17, 15) is 4.79 Å². The van der Waals surface area contributed by atoms with Crippen LogP contribution in [0.1, 0.15) is 47.3 Å². The number of fused-ring (bicyclic) bond motifs is 1. The number of hydrogen-bond donors (Lipinski definition) is 2. The summed E-state index contributed by atoms with van der Waals surface area (Å²) < 4.78 is 6.90. The van der Waals surface area contributed by atoms with Gasteiger partial charge in [0.1, 0.15) is 17.8 Å². The Labute approximate surface area is 220 Å². The third-order valence-corrected chi connectivity index (χ3v) is 6.92. The van der Waals surface area contributed by atoms with Crippen molar-refractivity contribution < 1.29 is 9.53 Å². The fourth-order valence-electron chi connectivity index (χ4n) is 5.14. The molecular weight excluding hydrogens is 478 g/mol. The Morgan fingerprint density at radius 1 is 1.00 bits per heavy atom. The first-order valence-corrected chi connectivity index (χ1v) is 12.6. The first-order valence-electron chi connectivity index (χ1n) is 12.6. The molecule has 6 rings (SSSR count). The van der Waals surface area contributed by atoms with Gasteiger partial charge in [-0.25, -0.2) is 9.97 Å². The van der Waals surface area contributed by atoms with Crippen molar-refractivity contribution in [2.75, 3.05) is 18.2 Å². The summed E-state index contributed by atoms with van der Waals surface area (Å²) in [6.45, 7) is 0. The molecule has 0 fully saturated rings. The monoisotopic (exact) mass is 505 g/mol. The van der Waals surface area contributed by atoms with E-state index >= 15 is 0 Å². The van der Waals surface area contributed by atoms with E-state index in [-0.39, 0.29) is 17.8 Å². The maximum absolute atomic E-state index is 14.2. The largest absolute Gasteiger partial charge is 0.497 e. The summed E-state index contributed by atoms with van der Waals surface area (Å²) in [6.07, 6.45) is 8.33. The van der Waals surface area contributed by atoms with Crippen molar-refractivity contribution in [3.8, 4) is 17.0 Å². The van der Waals surface area contributed by atoms with E-state index in [4.69, 9.17) is 15.6 Å². The number of carbonyl (C=O) groups excluding carboxylic acids is 1. The minimum Gasteiger partial charge on any atom is -0.497 e. The van der Waals surface area contributed by atoms with E-state index in [0.29, 0.717) is 23.4 Å². The maximum atomic E-state index is 14.2. The fraction of sp³-hybridized carbons (Fsp3) is 0.207. The zero-order valence-corrected chi connectivity index (χ0v) is 21.0. The number of nitrogens with one attached hydrogen (secondary N) is 1. The standard InChI is InChI=1S/C29H27N7O2/c1-38-21-14-12-19(13-15-21)24-22(33-29-32-17-31-28(30)34-29)16-23-25(18-8-4-2-5-9-18)26(35-36(23)27(24)37)20-10-6-3-7-11-20/h3,6-8,10-15,17H,2,4-5,9,16H2,1H3,(H3,30,31,32,33,34). The molecule has 0 spiro atoms. The van der Waals surface area contributed by atoms with Crippen LogP contribution in [-0.2, 0) is 6.42 Å². The van der Waals surface area contributed by atoms with Crippen molar-refractivity contribution in [1.82, 2.24) is 24.7 Å². The summed E-state index contributed by atoms with van der Waals surface area (Å²) >= 11 is 0. The number of anilines is 2. The first-order chi connectivity index (χ1) is 18.6. The number of aromatic nitrogens is 5. The molecule has 2 aliphatic rings. The second-order valence-corrected chi connectivity index (χ2v) is 9.28. The van der Waals surface area contributed by atoms with Crippen molar-refractivity contribution in [3.63, 3.8) is 0 Å². The Kier molecular flexibility index (Phi) is 6.17. The summed E-state index contributed by atoms with van der Waals surface area (Å²) in [4.78, 5) is 26.5. The number of carbonyl (C=O) groups is 1. The molecule has 2 aromatic carbocycles. The zero-order valence-electron chi connectivity index (χ0n) is 21.0. The number of nitrogen functional groups attached to an aromatic ring is 1. The lowest BCUT2D eigenvalue weighted by atomic mass is 9.88. The Morgan fingerprint density at radius 3 is 2.53 bits per heavy atom. The molecule has 9 heteroatoms. The van der Waals surface area contributed by atoms with Gasteiger partial charge in [0.15, 0.2) is 0 Å². The molecular formula is C29H27N7O2. The molecule has 0 radical (unpaired) electrons. The smallest absolute Gasteiger partial charge is 0.280 e. The van der Waals surface area contributed by atoms with Crippen LogP contribution in [-0.4, -0.2) is 37.7 Å². The molecule has 0 saturated heterocycles. The van der Waals surface area contributed by atoms with Gasteiger partial charge in [0.2, 0.25) is 11.9 Å². The van der Waals surface area contributed by atoms with Gasteiger partial charge in [-0.15, -0.1) is 0 Å². The molecule has 2 aromatic heterocycles. The van der Waals surface area contributed by atoms with E-state index in [1.165, 1.54) is 18.3 Å². The number of benzene rings is 2. The van der Waals surface area contributed by atoms with Gasteiger partial charge in [0, 0.05) is 23.2 Å². The summed E-state index contributed by atoms with van der Waals surface area (Å²) in [7, 11) is 1.61. The van der Waals surface area contributed by atoms with Gasteiger partial charge >= 0.3 is 0 Å². The third-order valence-electron chi connectivity index (χ3n) is 6.92. The molecule has 0 atom stereocenters. The normalized spacial score (nSPS) is 15.2. The van der Waals surface area contributed by atoms with Crippen molar-refractivity contribution in [1.29, 1.82) is 0 Å². The summed E-state index contributed by atoms with van der Waals surface area (Å²) in [5.41, 5.74) is 12.6. The van der Waals surface area contributed by atoms with Gasteiger partial charge < -0.3 is 15.8 Å². The highest BCUT2D eigenvalue weighted by Gasteiger charge is 2.34. The molecule has 190 valence electrons. The van der Waals surface area contributed by atoms with Crippen molar-refractivity contribution >= 4 is 29.0 Å². The zero-order chi connectivity index (χ0) is 26.1. The quantitative estimate of drug-likeness (QED) is 0.375. The van der Waals surface area contributed by atoms with Gasteiger partial charge in [-0.05, 0) is 49.0 Å². The lowest BCUT2D eigenvalue weighted by molar-refractivity contribution is 0.0958. The second kappa shape index (κ2) is 9.93. The van der Waals surface area contributed by atoms with Crippen LogP contribution in [0.25, 0.3) is 22.4 Å². The van der Waals surface area contributed by atoms with E-state index < -0.39 is 0 Å². The molecule has 4 aromatic rings. The number of nitrogens with zero attached hydrogens (tertiary/aromatic N) is 5. The molecule has 0 bridgehead atoms. The maximum Gasteiger partial charge on any atom is 0.280 e. The van der Waals surface area contributed by atoms with Gasteiger partial charge in [-0.2, -0.15) is 14.8 Å². The Morgan fingerprint density at radius 2 is 1.82 bits per heavy atom. The third kappa shape index (κ3) is 4.32. The lowest BCUT2D eigenvalue weighted by Crippen LogP contribution is -2.27. The summed E-state index contributed by atoms with van der Waals surface area (Å²) in [5, 5.41) is 8.19. The predicted octanol–water partition coefficient (Wildman–Crippen LogP) is 5.00. The SMILES string of the molecule is COc1ccc(C2=C(Nc3ncnc(N)n3)Cc3c(C4=CCCCC4)c(-c4ccccc4)nn3C2=O)cc1. The summed E-state index contributed by atoms with van der Waals surface area (Å²) in [5.74, 6) is 0.859. The average molecular weight is 506 g/mol. The van der Waals surface area contributed by atoms with E-state index in [2.05, 4.69) is 26.3 Å². The van der Waals surface area contributed by atoms with Gasteiger partial charge in [0.05, 0.1) is 18.4 Å². The molecule has 1 aliphatic carbocycles. The highest BCUT2D eigenvalue weighted by atomic mass is 16.5. The number of allylic oxidation sites excluding steroid dienone is 4. The first kappa shape index (κ1) is 23.6. The number of hydrogen-bond acceptors (Lipinski definition) is 8. The molecule has 0 saturated carbocycles. The van der Waals surface area contributed by atoms with Crippen LogP contribution in [0.4, 0.5) is 11.9 Å². The highest BCUT2D eigenvalue weighted by molar-refractivity contribution is 6.23. The Balaban J connectivity index is 1.54. The lowest BCUT2D eigenvalue weighted by Gasteiger charge is -2.23. The number of methoxy groups -OCH3 is 1. The fourth-order valence-corrected chi connectivity index (χ4v) is 5.14. The molecule has 3 N–H and O–H groups in total. The molecule has 38 heavy (non-hydrogen) atoms. The Hall–Kier alpha value is -4.79. The molecule has 0 unspecified atom stereocenters. The Bertz CT molecular complexity index is 1570. The van der Waals surface area contributed by atoms with Gasteiger partial charge in [-0.3, -0.25) is 4.79 Å².